The molecule has 2 rings (SSSR count). The lowest BCUT2D eigenvalue weighted by atomic mass is 10.1. The summed E-state index contributed by atoms with van der Waals surface area (Å²) in [6.45, 7) is 0.0667. The first-order valence-corrected chi connectivity index (χ1v) is 12.5. The van der Waals surface area contributed by atoms with E-state index in [0.29, 0.717) is 26.2 Å². The standard InChI is InChI=1S/C24H25BrF3NO7S/c1-4-35-18(31)12-36-20-19(25)21(37-22(20)23(32)34-3)15-9-10-16(33-2)14(11-15)7-5-6-8-17(30)29-13-24(26,27)28/h5,7,9-11H,4,6,8,12-13H2,1-3H3,(H,29,30)/b7-5+. The molecule has 1 amide bonds. The lowest BCUT2D eigenvalue weighted by molar-refractivity contribution is -0.145. The number of carbonyl (C=O) groups is 3. The van der Waals surface area contributed by atoms with Crippen LogP contribution < -0.4 is 14.8 Å². The lowest BCUT2D eigenvalue weighted by Gasteiger charge is -2.09. The van der Waals surface area contributed by atoms with E-state index >= 15 is 0 Å². The first kappa shape index (κ1) is 30.2. The minimum absolute atomic E-state index is 0.116. The van der Waals surface area contributed by atoms with Gasteiger partial charge < -0.3 is 24.3 Å². The molecule has 1 N–H and O–H groups in total. The molecule has 0 aliphatic carbocycles. The van der Waals surface area contributed by atoms with Gasteiger partial charge in [-0.2, -0.15) is 13.2 Å². The molecular weight excluding hydrogens is 583 g/mol. The maximum atomic E-state index is 12.3. The number of esters is 2. The van der Waals surface area contributed by atoms with Gasteiger partial charge in [-0.1, -0.05) is 12.2 Å². The summed E-state index contributed by atoms with van der Waals surface area (Å²) in [5.41, 5.74) is 1.31. The molecule has 0 unspecified atom stereocenters. The van der Waals surface area contributed by atoms with Crippen LogP contribution in [0, 0.1) is 0 Å². The Morgan fingerprint density at radius 3 is 2.54 bits per heavy atom. The van der Waals surface area contributed by atoms with Crippen molar-refractivity contribution in [2.75, 3.05) is 34.0 Å². The zero-order valence-electron chi connectivity index (χ0n) is 20.2. The van der Waals surface area contributed by atoms with Crippen LogP contribution in [0.4, 0.5) is 13.2 Å². The summed E-state index contributed by atoms with van der Waals surface area (Å²) in [5.74, 6) is -1.30. The summed E-state index contributed by atoms with van der Waals surface area (Å²) >= 11 is 4.54. The normalized spacial score (nSPS) is 11.3. The Bertz CT molecular complexity index is 1150. The van der Waals surface area contributed by atoms with E-state index in [1.165, 1.54) is 14.2 Å². The number of carbonyl (C=O) groups excluding carboxylic acids is 3. The summed E-state index contributed by atoms with van der Waals surface area (Å²) < 4.78 is 57.7. The van der Waals surface area contributed by atoms with E-state index < -0.39 is 37.2 Å². The fourth-order valence-corrected chi connectivity index (χ4v) is 4.96. The highest BCUT2D eigenvalue weighted by Gasteiger charge is 2.27. The SMILES string of the molecule is CCOC(=O)COc1c(C(=O)OC)sc(-c2ccc(OC)c(/C=C/CCC(=O)NCC(F)(F)F)c2)c1Br. The zero-order valence-corrected chi connectivity index (χ0v) is 22.6. The van der Waals surface area contributed by atoms with Crippen molar-refractivity contribution in [1.82, 2.24) is 5.32 Å². The van der Waals surface area contributed by atoms with Gasteiger partial charge >= 0.3 is 18.1 Å². The molecule has 1 aromatic heterocycles. The average molecular weight is 608 g/mol. The molecule has 0 aliphatic rings. The molecule has 0 spiro atoms. The molecule has 0 fully saturated rings. The third kappa shape index (κ3) is 9.08. The van der Waals surface area contributed by atoms with Gasteiger partial charge in [0.2, 0.25) is 5.91 Å². The third-order valence-corrected chi connectivity index (χ3v) is 6.85. The molecule has 8 nitrogen and oxygen atoms in total. The van der Waals surface area contributed by atoms with E-state index in [-0.39, 0.29) is 30.1 Å². The molecule has 1 heterocycles. The molecule has 37 heavy (non-hydrogen) atoms. The van der Waals surface area contributed by atoms with Crippen molar-refractivity contribution in [3.63, 3.8) is 0 Å². The largest absolute Gasteiger partial charge is 0.496 e. The summed E-state index contributed by atoms with van der Waals surface area (Å²) in [6.07, 6.45) is -1.05. The van der Waals surface area contributed by atoms with E-state index in [4.69, 9.17) is 18.9 Å². The summed E-state index contributed by atoms with van der Waals surface area (Å²) in [5, 5.41) is 1.82. The maximum Gasteiger partial charge on any atom is 0.405 e. The molecule has 1 aromatic carbocycles. The quantitative estimate of drug-likeness (QED) is 0.323. The van der Waals surface area contributed by atoms with Crippen LogP contribution in [0.3, 0.4) is 0 Å². The predicted octanol–water partition coefficient (Wildman–Crippen LogP) is 5.39. The molecular formula is C24H25BrF3NO7S. The number of thiophene rings is 1. The molecule has 0 saturated carbocycles. The van der Waals surface area contributed by atoms with Crippen molar-refractivity contribution in [1.29, 1.82) is 0 Å². The van der Waals surface area contributed by atoms with Gasteiger partial charge in [-0.3, -0.25) is 4.79 Å². The third-order valence-electron chi connectivity index (χ3n) is 4.63. The fraction of sp³-hybridized carbons (Fsp3) is 0.375. The van der Waals surface area contributed by atoms with Crippen LogP contribution in [-0.2, 0) is 19.1 Å². The van der Waals surface area contributed by atoms with E-state index in [1.807, 2.05) is 5.32 Å². The van der Waals surface area contributed by atoms with Gasteiger partial charge in [-0.15, -0.1) is 11.3 Å². The number of nitrogens with one attached hydrogen (secondary N) is 1. The Balaban J connectivity index is 2.27. The van der Waals surface area contributed by atoms with E-state index in [1.54, 1.807) is 37.3 Å². The van der Waals surface area contributed by atoms with Crippen molar-refractivity contribution in [2.24, 2.45) is 0 Å². The highest BCUT2D eigenvalue weighted by molar-refractivity contribution is 9.10. The lowest BCUT2D eigenvalue weighted by Crippen LogP contribution is -2.33. The van der Waals surface area contributed by atoms with Crippen LogP contribution in [-0.4, -0.2) is 58.0 Å². The minimum Gasteiger partial charge on any atom is -0.496 e. The Hall–Kier alpha value is -3.06. The number of hydrogen-bond donors (Lipinski definition) is 1. The van der Waals surface area contributed by atoms with Crippen LogP contribution in [0.1, 0.15) is 35.0 Å². The van der Waals surface area contributed by atoms with Crippen molar-refractivity contribution in [3.8, 4) is 21.9 Å². The fourth-order valence-electron chi connectivity index (χ4n) is 2.99. The van der Waals surface area contributed by atoms with Crippen LogP contribution in [0.25, 0.3) is 16.5 Å². The number of halogens is 4. The number of alkyl halides is 3. The monoisotopic (exact) mass is 607 g/mol. The van der Waals surface area contributed by atoms with Crippen LogP contribution in [0.5, 0.6) is 11.5 Å². The van der Waals surface area contributed by atoms with Gasteiger partial charge in [0.25, 0.3) is 0 Å². The number of hydrogen-bond acceptors (Lipinski definition) is 8. The van der Waals surface area contributed by atoms with Crippen molar-refractivity contribution >= 4 is 51.2 Å². The van der Waals surface area contributed by atoms with Gasteiger partial charge in [0, 0.05) is 12.0 Å². The number of allylic oxidation sites excluding steroid dienone is 1. The van der Waals surface area contributed by atoms with Crippen molar-refractivity contribution in [2.45, 2.75) is 25.9 Å². The predicted molar refractivity (Wildman–Crippen MR) is 135 cm³/mol. The van der Waals surface area contributed by atoms with Crippen molar-refractivity contribution in [3.05, 3.63) is 39.2 Å². The number of benzene rings is 1. The second-order valence-electron chi connectivity index (χ2n) is 7.28. The molecule has 0 radical (unpaired) electrons. The van der Waals surface area contributed by atoms with Gasteiger partial charge in [-0.05, 0) is 53.0 Å². The highest BCUT2D eigenvalue weighted by Crippen LogP contribution is 2.46. The minimum atomic E-state index is -4.47. The second kappa shape index (κ2) is 14.0. The van der Waals surface area contributed by atoms with Crippen molar-refractivity contribution < 1.29 is 46.5 Å². The van der Waals surface area contributed by atoms with E-state index in [9.17, 15) is 27.6 Å². The molecule has 13 heteroatoms. The molecule has 0 aliphatic heterocycles. The Labute approximate surface area is 223 Å². The van der Waals surface area contributed by atoms with Gasteiger partial charge in [0.05, 0.1) is 30.2 Å². The maximum absolute atomic E-state index is 12.3. The Morgan fingerprint density at radius 2 is 1.92 bits per heavy atom. The molecule has 2 aromatic rings. The average Bonchev–Trinajstić information content (AvgIpc) is 3.19. The Morgan fingerprint density at radius 1 is 1.19 bits per heavy atom. The molecule has 0 saturated heterocycles. The highest BCUT2D eigenvalue weighted by atomic mass is 79.9. The second-order valence-corrected chi connectivity index (χ2v) is 9.09. The number of methoxy groups -OCH3 is 2. The molecule has 0 atom stereocenters. The summed E-state index contributed by atoms with van der Waals surface area (Å²) in [7, 11) is 2.71. The molecule has 0 bridgehead atoms. The first-order valence-electron chi connectivity index (χ1n) is 10.9. The smallest absolute Gasteiger partial charge is 0.405 e. The van der Waals surface area contributed by atoms with E-state index in [0.717, 1.165) is 11.3 Å². The van der Waals surface area contributed by atoms with E-state index in [2.05, 4.69) is 15.9 Å². The summed E-state index contributed by atoms with van der Waals surface area (Å²) in [4.78, 5) is 36.4. The number of ether oxygens (including phenoxy) is 4. The van der Waals surface area contributed by atoms with Gasteiger partial charge in [0.1, 0.15) is 12.3 Å². The van der Waals surface area contributed by atoms with Gasteiger partial charge in [-0.25, -0.2) is 9.59 Å². The zero-order chi connectivity index (χ0) is 27.6. The number of amides is 1. The molecule has 202 valence electrons. The number of rotatable bonds is 12. The van der Waals surface area contributed by atoms with Crippen LogP contribution in [0.2, 0.25) is 0 Å². The Kier molecular flexibility index (Phi) is 11.4. The van der Waals surface area contributed by atoms with Crippen LogP contribution >= 0.6 is 27.3 Å². The topological polar surface area (TPSA) is 100 Å². The van der Waals surface area contributed by atoms with Gasteiger partial charge in [0.15, 0.2) is 17.2 Å². The summed E-state index contributed by atoms with van der Waals surface area (Å²) in [6, 6.07) is 5.23. The first-order chi connectivity index (χ1) is 17.5. The van der Waals surface area contributed by atoms with Crippen LogP contribution in [0.15, 0.2) is 28.7 Å².